The van der Waals surface area contributed by atoms with Crippen molar-refractivity contribution in [2.24, 2.45) is 0 Å². The van der Waals surface area contributed by atoms with Crippen LogP contribution in [0.5, 0.6) is 5.75 Å². The topological polar surface area (TPSA) is 50.4 Å². The molecule has 6 heteroatoms. The maximum absolute atomic E-state index is 12.5. The molecule has 0 saturated carbocycles. The van der Waals surface area contributed by atoms with E-state index in [0.29, 0.717) is 18.1 Å². The highest BCUT2D eigenvalue weighted by molar-refractivity contribution is 9.10. The van der Waals surface area contributed by atoms with Gasteiger partial charge in [0.05, 0.1) is 6.61 Å². The highest BCUT2D eigenvalue weighted by Crippen LogP contribution is 2.39. The van der Waals surface area contributed by atoms with Crippen LogP contribution in [-0.2, 0) is 10.3 Å². The number of amides is 1. The van der Waals surface area contributed by atoms with Crippen LogP contribution in [-0.4, -0.2) is 17.6 Å². The van der Waals surface area contributed by atoms with Crippen LogP contribution in [0.25, 0.3) is 0 Å². The zero-order valence-electron chi connectivity index (χ0n) is 10.9. The summed E-state index contributed by atoms with van der Waals surface area (Å²) in [4.78, 5) is 12.5. The van der Waals surface area contributed by atoms with Gasteiger partial charge in [-0.2, -0.15) is 0 Å². The number of hydrogen-bond acceptors (Lipinski definition) is 3. The molecule has 1 unspecified atom stereocenters. The summed E-state index contributed by atoms with van der Waals surface area (Å²) in [5.41, 5.74) is 0.0479. The Morgan fingerprint density at radius 3 is 2.90 bits per heavy atom. The number of rotatable bonds is 0. The van der Waals surface area contributed by atoms with Crippen LogP contribution >= 0.6 is 28.1 Å². The molecular weight excluding hydrogens is 340 g/mol. The van der Waals surface area contributed by atoms with Gasteiger partial charge in [-0.25, -0.2) is 0 Å². The number of fused-ring (bicyclic) bond motifs is 2. The third-order valence-corrected chi connectivity index (χ3v) is 4.49. The van der Waals surface area contributed by atoms with Crippen LogP contribution in [0.1, 0.15) is 31.2 Å². The van der Waals surface area contributed by atoms with Gasteiger partial charge in [-0.15, -0.1) is 0 Å². The summed E-state index contributed by atoms with van der Waals surface area (Å²) in [6.45, 7) is 0.677. The molecule has 2 aliphatic rings. The fourth-order valence-electron chi connectivity index (χ4n) is 2.80. The van der Waals surface area contributed by atoms with Crippen molar-refractivity contribution in [3.63, 3.8) is 0 Å². The third kappa shape index (κ3) is 2.31. The Kier molecular flexibility index (Phi) is 3.69. The Balaban J connectivity index is 2.15. The lowest BCUT2D eigenvalue weighted by Gasteiger charge is -2.28. The van der Waals surface area contributed by atoms with Crippen molar-refractivity contribution in [2.75, 3.05) is 6.61 Å². The highest BCUT2D eigenvalue weighted by atomic mass is 79.9. The average Bonchev–Trinajstić information content (AvgIpc) is 2.73. The predicted octanol–water partition coefficient (Wildman–Crippen LogP) is 2.60. The number of hydrogen-bond donors (Lipinski definition) is 2. The summed E-state index contributed by atoms with van der Waals surface area (Å²) in [5, 5.41) is 6.27. The minimum absolute atomic E-state index is 0.0904. The van der Waals surface area contributed by atoms with E-state index in [1.54, 1.807) is 0 Å². The molecule has 0 bridgehead atoms. The summed E-state index contributed by atoms with van der Waals surface area (Å²) in [7, 11) is 0. The zero-order valence-corrected chi connectivity index (χ0v) is 13.3. The van der Waals surface area contributed by atoms with E-state index in [2.05, 4.69) is 26.6 Å². The smallest absolute Gasteiger partial charge is 0.256 e. The average molecular weight is 355 g/mol. The highest BCUT2D eigenvalue weighted by Gasteiger charge is 2.47. The van der Waals surface area contributed by atoms with Crippen LogP contribution in [0, 0.1) is 0 Å². The Morgan fingerprint density at radius 1 is 1.30 bits per heavy atom. The SMILES string of the molecule is O=C1NC(=S)NC12CCCCCOc1ccc(Br)cc12. The van der Waals surface area contributed by atoms with Gasteiger partial charge in [0, 0.05) is 10.0 Å². The second-order valence-electron chi connectivity index (χ2n) is 5.11. The van der Waals surface area contributed by atoms with Crippen molar-refractivity contribution in [3.8, 4) is 5.75 Å². The summed E-state index contributed by atoms with van der Waals surface area (Å²) in [6, 6.07) is 5.78. The van der Waals surface area contributed by atoms with Crippen molar-refractivity contribution in [1.82, 2.24) is 10.6 Å². The van der Waals surface area contributed by atoms with E-state index in [1.807, 2.05) is 18.2 Å². The van der Waals surface area contributed by atoms with E-state index in [0.717, 1.165) is 35.0 Å². The fourth-order valence-corrected chi connectivity index (χ4v) is 3.43. The Labute approximate surface area is 131 Å². The number of benzene rings is 1. The molecule has 0 aliphatic carbocycles. The third-order valence-electron chi connectivity index (χ3n) is 3.80. The summed E-state index contributed by atoms with van der Waals surface area (Å²) in [6.07, 6.45) is 3.71. The van der Waals surface area contributed by atoms with Crippen LogP contribution in [0.2, 0.25) is 0 Å². The molecule has 2 heterocycles. The van der Waals surface area contributed by atoms with Crippen LogP contribution in [0.3, 0.4) is 0 Å². The Hall–Kier alpha value is -1.14. The molecule has 106 valence electrons. The molecule has 1 spiro atoms. The van der Waals surface area contributed by atoms with Gasteiger partial charge >= 0.3 is 0 Å². The van der Waals surface area contributed by atoms with Gasteiger partial charge in [0.25, 0.3) is 5.91 Å². The van der Waals surface area contributed by atoms with Gasteiger partial charge in [-0.1, -0.05) is 22.4 Å². The molecule has 1 saturated heterocycles. The lowest BCUT2D eigenvalue weighted by atomic mass is 9.84. The van der Waals surface area contributed by atoms with Gasteiger partial charge < -0.3 is 15.4 Å². The number of carbonyl (C=O) groups is 1. The van der Waals surface area contributed by atoms with Crippen LogP contribution < -0.4 is 15.4 Å². The lowest BCUT2D eigenvalue weighted by molar-refractivity contribution is -0.124. The number of carbonyl (C=O) groups excluding carboxylic acids is 1. The van der Waals surface area contributed by atoms with E-state index < -0.39 is 5.54 Å². The Morgan fingerprint density at radius 2 is 2.15 bits per heavy atom. The molecule has 4 nitrogen and oxygen atoms in total. The summed E-state index contributed by atoms with van der Waals surface area (Å²) in [5.74, 6) is 0.662. The van der Waals surface area contributed by atoms with E-state index in [1.165, 1.54) is 0 Å². The molecule has 2 N–H and O–H groups in total. The molecule has 1 atom stereocenters. The van der Waals surface area contributed by atoms with Gasteiger partial charge in [-0.3, -0.25) is 4.79 Å². The van der Waals surface area contributed by atoms with E-state index >= 15 is 0 Å². The van der Waals surface area contributed by atoms with Gasteiger partial charge in [0.1, 0.15) is 11.3 Å². The largest absolute Gasteiger partial charge is 0.493 e. The van der Waals surface area contributed by atoms with E-state index in [4.69, 9.17) is 17.0 Å². The molecule has 20 heavy (non-hydrogen) atoms. The molecule has 3 rings (SSSR count). The summed E-state index contributed by atoms with van der Waals surface area (Å²) < 4.78 is 6.77. The van der Waals surface area contributed by atoms with Crippen LogP contribution in [0.4, 0.5) is 0 Å². The molecule has 1 aromatic carbocycles. The molecule has 1 aromatic rings. The number of halogens is 1. The molecule has 2 aliphatic heterocycles. The molecule has 1 amide bonds. The van der Waals surface area contributed by atoms with Gasteiger partial charge in [-0.05, 0) is 49.7 Å². The van der Waals surface area contributed by atoms with E-state index in [9.17, 15) is 4.79 Å². The second kappa shape index (κ2) is 5.33. The monoisotopic (exact) mass is 354 g/mol. The first-order valence-electron chi connectivity index (χ1n) is 6.68. The van der Waals surface area contributed by atoms with Crippen LogP contribution in [0.15, 0.2) is 22.7 Å². The maximum atomic E-state index is 12.5. The van der Waals surface area contributed by atoms with Crippen molar-refractivity contribution in [3.05, 3.63) is 28.2 Å². The van der Waals surface area contributed by atoms with Crippen molar-refractivity contribution in [2.45, 2.75) is 31.2 Å². The first kappa shape index (κ1) is 13.8. The standard InChI is InChI=1S/C14H15BrN2O2S/c15-9-4-5-11-10(8-9)14(6-2-1-3-7-19-11)12(18)16-13(20)17-14/h4-5,8H,1-3,6-7H2,(H2,16,17,18,20). The number of ether oxygens (including phenoxy) is 1. The lowest BCUT2D eigenvalue weighted by Crippen LogP contribution is -2.44. The predicted molar refractivity (Wildman–Crippen MR) is 83.7 cm³/mol. The fraction of sp³-hybridized carbons (Fsp3) is 0.429. The molecule has 1 fully saturated rings. The van der Waals surface area contributed by atoms with Crippen molar-refractivity contribution >= 4 is 39.2 Å². The number of nitrogens with one attached hydrogen (secondary N) is 2. The summed E-state index contributed by atoms with van der Waals surface area (Å²) >= 11 is 8.60. The molecule has 0 radical (unpaired) electrons. The first-order valence-corrected chi connectivity index (χ1v) is 7.88. The van der Waals surface area contributed by atoms with Crippen molar-refractivity contribution in [1.29, 1.82) is 0 Å². The first-order chi connectivity index (χ1) is 9.62. The van der Waals surface area contributed by atoms with Gasteiger partial charge in [0.2, 0.25) is 0 Å². The normalized spacial score (nSPS) is 25.9. The van der Waals surface area contributed by atoms with E-state index in [-0.39, 0.29) is 5.91 Å². The molecule has 0 aromatic heterocycles. The minimum atomic E-state index is -0.805. The minimum Gasteiger partial charge on any atom is -0.493 e. The zero-order chi connectivity index (χ0) is 14.2. The Bertz CT molecular complexity index is 578. The van der Waals surface area contributed by atoms with Gasteiger partial charge in [0.15, 0.2) is 5.11 Å². The second-order valence-corrected chi connectivity index (χ2v) is 6.44. The quantitative estimate of drug-likeness (QED) is 0.703. The van der Waals surface area contributed by atoms with Crippen molar-refractivity contribution < 1.29 is 9.53 Å². The molecular formula is C14H15BrN2O2S. The maximum Gasteiger partial charge on any atom is 0.256 e. The number of thiocarbonyl (C=S) groups is 1.